The molecule has 4 aliphatic rings. The smallest absolute Gasteiger partial charge is 0.246 e. The lowest BCUT2D eigenvalue weighted by molar-refractivity contribution is -0.320. The first-order valence-corrected chi connectivity index (χ1v) is 15.7. The van der Waals surface area contributed by atoms with E-state index in [0.717, 1.165) is 19.4 Å². The lowest BCUT2D eigenvalue weighted by atomic mass is 9.77. The summed E-state index contributed by atoms with van der Waals surface area (Å²) in [5.74, 6) is -1.04. The van der Waals surface area contributed by atoms with E-state index in [-0.39, 0.29) is 38.4 Å². The lowest BCUT2D eigenvalue weighted by Gasteiger charge is -2.48. The molecular weight excluding hydrogens is 598 g/mol. The largest absolute Gasteiger partial charge is 0.394 e. The highest BCUT2D eigenvalue weighted by atomic mass is 16.7. The number of ether oxygens (including phenoxy) is 4. The fraction of sp³-hybridized carbons (Fsp3) is 0.963. The molecule has 0 aromatic rings. The Labute approximate surface area is 262 Å². The SMILES string of the molecule is NCCN(O)C(=O)C[C@@H]1C[C@H](N)[C@@H](O[C@H]2O[C@H](CNCC3CC(N)C3)[C@@H](O)C[C@H]2N)[C@H](O)[C@H]1O[C@H]1O[C@H](CO)[C@@H](O)[C@H](N)[C@H]1O. The maximum Gasteiger partial charge on any atom is 0.246 e. The fourth-order valence-corrected chi connectivity index (χ4v) is 6.63. The third-order valence-electron chi connectivity index (χ3n) is 9.37. The van der Waals surface area contributed by atoms with Gasteiger partial charge in [-0.1, -0.05) is 0 Å². The van der Waals surface area contributed by atoms with E-state index < -0.39 is 98.0 Å². The number of nitrogens with one attached hydrogen (secondary N) is 1. The van der Waals surface area contributed by atoms with Crippen LogP contribution in [0.3, 0.4) is 0 Å². The summed E-state index contributed by atoms with van der Waals surface area (Å²) in [6.07, 6.45) is -10.4. The Morgan fingerprint density at radius 3 is 2.16 bits per heavy atom. The van der Waals surface area contributed by atoms with Crippen molar-refractivity contribution in [3.05, 3.63) is 0 Å². The van der Waals surface area contributed by atoms with Crippen molar-refractivity contribution >= 4 is 5.91 Å². The number of nitrogens with zero attached hydrogens (tertiary/aromatic N) is 1. The van der Waals surface area contributed by atoms with Crippen LogP contribution in [0.15, 0.2) is 0 Å². The molecule has 2 aliphatic heterocycles. The molecule has 2 aliphatic carbocycles. The Kier molecular flexibility index (Phi) is 13.3. The molecule has 2 heterocycles. The Morgan fingerprint density at radius 2 is 1.51 bits per heavy atom. The zero-order valence-corrected chi connectivity index (χ0v) is 25.4. The van der Waals surface area contributed by atoms with Crippen LogP contribution in [0.5, 0.6) is 0 Å². The van der Waals surface area contributed by atoms with Gasteiger partial charge in [-0.2, -0.15) is 0 Å². The van der Waals surface area contributed by atoms with Crippen molar-refractivity contribution in [3.63, 3.8) is 0 Å². The molecule has 0 spiro atoms. The number of nitrogens with two attached hydrogens (primary N) is 5. The number of hydroxylamine groups is 2. The maximum absolute atomic E-state index is 12.8. The van der Waals surface area contributed by atoms with Crippen molar-refractivity contribution in [2.45, 2.75) is 118 Å². The van der Waals surface area contributed by atoms with Gasteiger partial charge in [-0.25, -0.2) is 5.06 Å². The summed E-state index contributed by atoms with van der Waals surface area (Å²) >= 11 is 0. The molecule has 2 saturated carbocycles. The van der Waals surface area contributed by atoms with Crippen molar-refractivity contribution in [2.75, 3.05) is 32.8 Å². The van der Waals surface area contributed by atoms with E-state index in [4.69, 9.17) is 47.6 Å². The minimum Gasteiger partial charge on any atom is -0.394 e. The van der Waals surface area contributed by atoms with Crippen molar-refractivity contribution in [1.82, 2.24) is 10.4 Å². The molecule has 45 heavy (non-hydrogen) atoms. The third-order valence-corrected chi connectivity index (χ3v) is 9.37. The molecular formula is C27H53N7O11. The Balaban J connectivity index is 1.47. The molecule has 0 aromatic carbocycles. The molecule has 4 fully saturated rings. The van der Waals surface area contributed by atoms with Gasteiger partial charge in [0.15, 0.2) is 12.6 Å². The van der Waals surface area contributed by atoms with Gasteiger partial charge in [0.2, 0.25) is 5.91 Å². The summed E-state index contributed by atoms with van der Waals surface area (Å²) in [6, 6.07) is -2.64. The molecule has 0 radical (unpaired) electrons. The number of hydrogen-bond acceptors (Lipinski definition) is 17. The zero-order valence-electron chi connectivity index (χ0n) is 25.4. The standard InChI is InChI=1S/C27H53N7O11/c28-1-2-34(41)19(37)6-12-5-14(30)25(23(40)24(12)44-27-22(39)20(32)21(38)18(10-35)43-27)45-26-15(31)7-16(36)17(42-26)9-33-8-11-3-13(29)4-11/h11-18,20-27,33,35-36,38-41H,1-10,28-32H2/t11?,12-,13?,14-,15+,16-,17+,18+,20-,21+,22+,23+,24-,25+,26+,27+/m0/s1. The van der Waals surface area contributed by atoms with Gasteiger partial charge < -0.3 is 78.5 Å². The van der Waals surface area contributed by atoms with Gasteiger partial charge in [-0.3, -0.25) is 10.0 Å². The number of amides is 1. The highest BCUT2D eigenvalue weighted by Gasteiger charge is 2.51. The molecule has 0 unspecified atom stereocenters. The third kappa shape index (κ3) is 8.85. The van der Waals surface area contributed by atoms with E-state index in [2.05, 4.69) is 5.32 Å². The zero-order chi connectivity index (χ0) is 33.0. The summed E-state index contributed by atoms with van der Waals surface area (Å²) in [4.78, 5) is 12.8. The predicted molar refractivity (Wildman–Crippen MR) is 156 cm³/mol. The van der Waals surface area contributed by atoms with Gasteiger partial charge in [-0.15, -0.1) is 0 Å². The van der Waals surface area contributed by atoms with Gasteiger partial charge in [0.1, 0.15) is 30.5 Å². The van der Waals surface area contributed by atoms with E-state index in [1.165, 1.54) is 0 Å². The normalized spacial score (nSPS) is 45.6. The second kappa shape index (κ2) is 16.3. The quantitative estimate of drug-likeness (QED) is 0.0651. The van der Waals surface area contributed by atoms with Crippen molar-refractivity contribution in [2.24, 2.45) is 40.5 Å². The van der Waals surface area contributed by atoms with Crippen LogP contribution in [0.1, 0.15) is 32.1 Å². The Morgan fingerprint density at radius 1 is 0.844 bits per heavy atom. The van der Waals surface area contributed by atoms with E-state index >= 15 is 0 Å². The molecule has 0 aromatic heterocycles. The van der Waals surface area contributed by atoms with Gasteiger partial charge >= 0.3 is 0 Å². The van der Waals surface area contributed by atoms with Crippen LogP contribution in [0.2, 0.25) is 0 Å². The second-order valence-electron chi connectivity index (χ2n) is 12.9. The highest BCUT2D eigenvalue weighted by molar-refractivity contribution is 5.75. The maximum atomic E-state index is 12.8. The highest BCUT2D eigenvalue weighted by Crippen LogP contribution is 2.36. The van der Waals surface area contributed by atoms with Crippen LogP contribution in [0, 0.1) is 11.8 Å². The van der Waals surface area contributed by atoms with E-state index in [0.29, 0.717) is 17.5 Å². The lowest BCUT2D eigenvalue weighted by Crippen LogP contribution is -2.66. The Hall–Kier alpha value is -1.17. The van der Waals surface area contributed by atoms with E-state index in [1.807, 2.05) is 0 Å². The second-order valence-corrected chi connectivity index (χ2v) is 12.9. The molecule has 1 amide bonds. The molecule has 4 rings (SSSR count). The van der Waals surface area contributed by atoms with Crippen molar-refractivity contribution in [1.29, 1.82) is 0 Å². The minimum atomic E-state index is -1.56. The summed E-state index contributed by atoms with van der Waals surface area (Å²) in [6.45, 7) is 0.326. The summed E-state index contributed by atoms with van der Waals surface area (Å²) in [5.41, 5.74) is 30.0. The average Bonchev–Trinajstić information content (AvgIpc) is 2.98. The number of carbonyl (C=O) groups is 1. The number of hydrogen-bond donors (Lipinski definition) is 12. The molecule has 0 bridgehead atoms. The first-order chi connectivity index (χ1) is 21.3. The Bertz CT molecular complexity index is 938. The van der Waals surface area contributed by atoms with Gasteiger partial charge in [0.05, 0.1) is 43.5 Å². The van der Waals surface area contributed by atoms with E-state index in [9.17, 15) is 35.5 Å². The van der Waals surface area contributed by atoms with Crippen molar-refractivity contribution < 1.29 is 54.5 Å². The summed E-state index contributed by atoms with van der Waals surface area (Å²) in [5, 5.41) is 66.7. The number of aliphatic hydroxyl groups excluding tert-OH is 5. The van der Waals surface area contributed by atoms with Gasteiger partial charge in [-0.05, 0) is 44.1 Å². The molecule has 14 atom stereocenters. The van der Waals surface area contributed by atoms with Crippen LogP contribution in [-0.4, -0.2) is 160 Å². The average molecular weight is 652 g/mol. The van der Waals surface area contributed by atoms with Crippen LogP contribution in [0.4, 0.5) is 0 Å². The van der Waals surface area contributed by atoms with Gasteiger partial charge in [0, 0.05) is 31.6 Å². The van der Waals surface area contributed by atoms with Crippen molar-refractivity contribution in [3.8, 4) is 0 Å². The molecule has 18 heteroatoms. The fourth-order valence-electron chi connectivity index (χ4n) is 6.63. The molecule has 17 N–H and O–H groups in total. The molecule has 262 valence electrons. The van der Waals surface area contributed by atoms with Crippen LogP contribution in [0.25, 0.3) is 0 Å². The first kappa shape index (κ1) is 36.7. The van der Waals surface area contributed by atoms with E-state index in [1.54, 1.807) is 0 Å². The monoisotopic (exact) mass is 651 g/mol. The van der Waals surface area contributed by atoms with Crippen LogP contribution < -0.4 is 34.0 Å². The number of carbonyl (C=O) groups excluding carboxylic acids is 1. The minimum absolute atomic E-state index is 0.0113. The number of aliphatic hydroxyl groups is 5. The summed E-state index contributed by atoms with van der Waals surface area (Å²) < 4.78 is 23.8. The van der Waals surface area contributed by atoms with Crippen LogP contribution in [-0.2, 0) is 23.7 Å². The molecule has 18 nitrogen and oxygen atoms in total. The topological polar surface area (TPSA) is 321 Å². The summed E-state index contributed by atoms with van der Waals surface area (Å²) in [7, 11) is 0. The van der Waals surface area contributed by atoms with Crippen LogP contribution >= 0.6 is 0 Å². The van der Waals surface area contributed by atoms with Gasteiger partial charge in [0.25, 0.3) is 0 Å². The molecule has 2 saturated heterocycles. The predicted octanol–water partition coefficient (Wildman–Crippen LogP) is -6.07. The first-order valence-electron chi connectivity index (χ1n) is 15.7. The number of rotatable bonds is 13.